The Morgan fingerprint density at radius 3 is 2.80 bits per heavy atom. The Morgan fingerprint density at radius 1 is 1.47 bits per heavy atom. The first-order valence-corrected chi connectivity index (χ1v) is 5.25. The summed E-state index contributed by atoms with van der Waals surface area (Å²) in [5, 5.41) is 7.02. The zero-order chi connectivity index (χ0) is 10.3. The SMILES string of the molecule is O=C(c1ccon1)N1CC2CNCC2C1. The molecule has 3 rings (SSSR count). The van der Waals surface area contributed by atoms with Gasteiger partial charge in [0.1, 0.15) is 6.26 Å². The van der Waals surface area contributed by atoms with Gasteiger partial charge in [-0.2, -0.15) is 0 Å². The predicted molar refractivity (Wildman–Crippen MR) is 52.3 cm³/mol. The lowest BCUT2D eigenvalue weighted by Gasteiger charge is -2.15. The number of rotatable bonds is 1. The molecule has 2 atom stereocenters. The molecule has 0 aliphatic carbocycles. The quantitative estimate of drug-likeness (QED) is 0.702. The van der Waals surface area contributed by atoms with Crippen molar-refractivity contribution in [1.29, 1.82) is 0 Å². The number of amides is 1. The monoisotopic (exact) mass is 207 g/mol. The van der Waals surface area contributed by atoms with E-state index in [2.05, 4.69) is 15.0 Å². The van der Waals surface area contributed by atoms with E-state index in [1.807, 2.05) is 4.90 Å². The zero-order valence-electron chi connectivity index (χ0n) is 8.35. The number of hydrogen-bond donors (Lipinski definition) is 1. The molecule has 2 aliphatic heterocycles. The Kier molecular flexibility index (Phi) is 1.98. The third-order valence-corrected chi connectivity index (χ3v) is 3.33. The van der Waals surface area contributed by atoms with E-state index in [0.717, 1.165) is 26.2 Å². The van der Waals surface area contributed by atoms with Crippen LogP contribution in [0, 0.1) is 11.8 Å². The molecule has 2 unspecified atom stereocenters. The molecule has 2 fully saturated rings. The molecule has 1 aromatic rings. The van der Waals surface area contributed by atoms with E-state index in [-0.39, 0.29) is 5.91 Å². The van der Waals surface area contributed by atoms with Crippen LogP contribution in [0.4, 0.5) is 0 Å². The van der Waals surface area contributed by atoms with Crippen LogP contribution in [-0.4, -0.2) is 42.1 Å². The number of nitrogens with zero attached hydrogens (tertiary/aromatic N) is 2. The molecule has 1 N–H and O–H groups in total. The number of hydrogen-bond acceptors (Lipinski definition) is 4. The second-order valence-corrected chi connectivity index (χ2v) is 4.27. The van der Waals surface area contributed by atoms with Gasteiger partial charge in [0.15, 0.2) is 5.69 Å². The lowest BCUT2D eigenvalue weighted by molar-refractivity contribution is 0.0771. The minimum absolute atomic E-state index is 0.00171. The van der Waals surface area contributed by atoms with E-state index < -0.39 is 0 Å². The summed E-state index contributed by atoms with van der Waals surface area (Å²) in [5.74, 6) is 1.25. The Bertz CT molecular complexity index is 351. The molecule has 5 nitrogen and oxygen atoms in total. The van der Waals surface area contributed by atoms with Gasteiger partial charge in [-0.05, 0) is 11.8 Å². The number of fused-ring (bicyclic) bond motifs is 1. The summed E-state index contributed by atoms with van der Waals surface area (Å²) in [6.45, 7) is 3.77. The molecule has 1 amide bonds. The maximum absolute atomic E-state index is 11.9. The fourth-order valence-electron chi connectivity index (χ4n) is 2.51. The van der Waals surface area contributed by atoms with Crippen LogP contribution in [0.15, 0.2) is 16.9 Å². The van der Waals surface area contributed by atoms with Gasteiger partial charge in [-0.1, -0.05) is 5.16 Å². The third kappa shape index (κ3) is 1.43. The van der Waals surface area contributed by atoms with Gasteiger partial charge < -0.3 is 14.7 Å². The normalized spacial score (nSPS) is 29.5. The summed E-state index contributed by atoms with van der Waals surface area (Å²) >= 11 is 0. The van der Waals surface area contributed by atoms with E-state index in [4.69, 9.17) is 0 Å². The first kappa shape index (κ1) is 8.91. The van der Waals surface area contributed by atoms with Crippen LogP contribution in [0.1, 0.15) is 10.5 Å². The lowest BCUT2D eigenvalue weighted by atomic mass is 10.0. The van der Waals surface area contributed by atoms with Crippen molar-refractivity contribution >= 4 is 5.91 Å². The summed E-state index contributed by atoms with van der Waals surface area (Å²) < 4.78 is 4.68. The van der Waals surface area contributed by atoms with E-state index in [9.17, 15) is 4.79 Å². The number of aromatic nitrogens is 1. The molecule has 0 radical (unpaired) electrons. The Hall–Kier alpha value is -1.36. The van der Waals surface area contributed by atoms with E-state index in [1.165, 1.54) is 6.26 Å². The molecule has 0 saturated carbocycles. The van der Waals surface area contributed by atoms with Gasteiger partial charge in [0, 0.05) is 32.2 Å². The van der Waals surface area contributed by atoms with Gasteiger partial charge >= 0.3 is 0 Å². The molecule has 80 valence electrons. The number of likely N-dealkylation sites (tertiary alicyclic amines) is 1. The average Bonchev–Trinajstić information content (AvgIpc) is 2.92. The second-order valence-electron chi connectivity index (χ2n) is 4.27. The molecule has 0 spiro atoms. The smallest absolute Gasteiger partial charge is 0.276 e. The van der Waals surface area contributed by atoms with Gasteiger partial charge in [-0.15, -0.1) is 0 Å². The summed E-state index contributed by atoms with van der Waals surface area (Å²) in [5.41, 5.74) is 0.419. The van der Waals surface area contributed by atoms with Gasteiger partial charge in [-0.3, -0.25) is 4.79 Å². The van der Waals surface area contributed by atoms with Crippen LogP contribution < -0.4 is 5.32 Å². The van der Waals surface area contributed by atoms with E-state index >= 15 is 0 Å². The standard InChI is InChI=1S/C10H13N3O2/c14-10(9-1-2-15-12-9)13-5-7-3-11-4-8(7)6-13/h1-2,7-8,11H,3-6H2. The minimum atomic E-state index is -0.00171. The van der Waals surface area contributed by atoms with Crippen molar-refractivity contribution in [3.63, 3.8) is 0 Å². The lowest BCUT2D eigenvalue weighted by Crippen LogP contribution is -2.32. The Balaban J connectivity index is 1.72. The topological polar surface area (TPSA) is 58.4 Å². The number of nitrogens with one attached hydrogen (secondary N) is 1. The minimum Gasteiger partial charge on any atom is -0.364 e. The summed E-state index contributed by atoms with van der Waals surface area (Å²) in [7, 11) is 0. The first-order chi connectivity index (χ1) is 7.34. The zero-order valence-corrected chi connectivity index (χ0v) is 8.35. The average molecular weight is 207 g/mol. The molecular formula is C10H13N3O2. The summed E-state index contributed by atoms with van der Waals surface area (Å²) in [6, 6.07) is 1.62. The highest BCUT2D eigenvalue weighted by Crippen LogP contribution is 2.27. The van der Waals surface area contributed by atoms with Crippen molar-refractivity contribution in [3.05, 3.63) is 18.0 Å². The van der Waals surface area contributed by atoms with Gasteiger partial charge in [0.05, 0.1) is 0 Å². The predicted octanol–water partition coefficient (Wildman–Crippen LogP) is -0.0340. The van der Waals surface area contributed by atoms with Crippen molar-refractivity contribution in [2.24, 2.45) is 11.8 Å². The Labute approximate surface area is 87.4 Å². The summed E-state index contributed by atoms with van der Waals surface area (Å²) in [6.07, 6.45) is 1.44. The van der Waals surface area contributed by atoms with Crippen LogP contribution in [0.25, 0.3) is 0 Å². The van der Waals surface area contributed by atoms with Crippen LogP contribution in [0.3, 0.4) is 0 Å². The molecule has 2 aliphatic rings. The maximum Gasteiger partial charge on any atom is 0.276 e. The molecule has 3 heterocycles. The van der Waals surface area contributed by atoms with Gasteiger partial charge in [0.25, 0.3) is 5.91 Å². The van der Waals surface area contributed by atoms with Gasteiger partial charge in [-0.25, -0.2) is 0 Å². The first-order valence-electron chi connectivity index (χ1n) is 5.25. The van der Waals surface area contributed by atoms with Crippen molar-refractivity contribution in [3.8, 4) is 0 Å². The Morgan fingerprint density at radius 2 is 2.20 bits per heavy atom. The molecule has 0 bridgehead atoms. The van der Waals surface area contributed by atoms with Crippen LogP contribution in [-0.2, 0) is 0 Å². The fourth-order valence-corrected chi connectivity index (χ4v) is 2.51. The number of carbonyl (C=O) groups is 1. The molecule has 1 aromatic heterocycles. The van der Waals surface area contributed by atoms with Crippen molar-refractivity contribution in [2.75, 3.05) is 26.2 Å². The van der Waals surface area contributed by atoms with E-state index in [0.29, 0.717) is 17.5 Å². The highest BCUT2D eigenvalue weighted by molar-refractivity contribution is 5.92. The second kappa shape index (κ2) is 3.34. The highest BCUT2D eigenvalue weighted by atomic mass is 16.5. The molecule has 2 saturated heterocycles. The van der Waals surface area contributed by atoms with Crippen molar-refractivity contribution in [1.82, 2.24) is 15.4 Å². The van der Waals surface area contributed by atoms with Crippen molar-refractivity contribution < 1.29 is 9.32 Å². The third-order valence-electron chi connectivity index (χ3n) is 3.33. The largest absolute Gasteiger partial charge is 0.364 e. The van der Waals surface area contributed by atoms with Crippen molar-refractivity contribution in [2.45, 2.75) is 0 Å². The molecule has 5 heteroatoms. The van der Waals surface area contributed by atoms with Crippen LogP contribution in [0.5, 0.6) is 0 Å². The maximum atomic E-state index is 11.9. The fraction of sp³-hybridized carbons (Fsp3) is 0.600. The van der Waals surface area contributed by atoms with Gasteiger partial charge in [0.2, 0.25) is 0 Å². The molecular weight excluding hydrogens is 194 g/mol. The van der Waals surface area contributed by atoms with Crippen LogP contribution in [0.2, 0.25) is 0 Å². The summed E-state index contributed by atoms with van der Waals surface area (Å²) in [4.78, 5) is 13.8. The van der Waals surface area contributed by atoms with Crippen LogP contribution >= 0.6 is 0 Å². The number of carbonyl (C=O) groups excluding carboxylic acids is 1. The van der Waals surface area contributed by atoms with E-state index in [1.54, 1.807) is 6.07 Å². The molecule has 15 heavy (non-hydrogen) atoms. The highest BCUT2D eigenvalue weighted by Gasteiger charge is 2.38. The molecule has 0 aromatic carbocycles.